The van der Waals surface area contributed by atoms with E-state index in [0.717, 1.165) is 6.92 Å². The van der Waals surface area contributed by atoms with Gasteiger partial charge in [0.05, 0.1) is 6.61 Å². The van der Waals surface area contributed by atoms with Crippen molar-refractivity contribution in [2.45, 2.75) is 37.6 Å². The van der Waals surface area contributed by atoms with Crippen molar-refractivity contribution < 1.29 is 27.8 Å². The smallest absolute Gasteiger partial charge is 0.414 e. The van der Waals surface area contributed by atoms with Crippen LogP contribution >= 0.6 is 0 Å². The fourth-order valence-electron chi connectivity index (χ4n) is 1.66. The van der Waals surface area contributed by atoms with Gasteiger partial charge in [-0.2, -0.15) is 13.2 Å². The lowest BCUT2D eigenvalue weighted by molar-refractivity contribution is -0.220. The van der Waals surface area contributed by atoms with Crippen LogP contribution in [-0.4, -0.2) is 42.5 Å². The third-order valence-corrected chi connectivity index (χ3v) is 3.12. The molecule has 7 heteroatoms. The van der Waals surface area contributed by atoms with Gasteiger partial charge in [0.15, 0.2) is 6.10 Å². The summed E-state index contributed by atoms with van der Waals surface area (Å²) < 4.78 is 41.4. The van der Waals surface area contributed by atoms with Crippen LogP contribution in [0.2, 0.25) is 0 Å². The molecule has 0 aliphatic heterocycles. The zero-order valence-electron chi connectivity index (χ0n) is 9.67. The number of alkyl halides is 3. The zero-order chi connectivity index (χ0) is 13.3. The summed E-state index contributed by atoms with van der Waals surface area (Å²) in [5.41, 5.74) is -1.40. The summed E-state index contributed by atoms with van der Waals surface area (Å²) in [6.07, 6.45) is -5.05. The fraction of sp³-hybridized carbons (Fsp3) is 0.900. The molecule has 4 nitrogen and oxygen atoms in total. The molecule has 1 rings (SSSR count). The predicted octanol–water partition coefficient (Wildman–Crippen LogP) is 1.41. The molecule has 2 N–H and O–H groups in total. The zero-order valence-corrected chi connectivity index (χ0v) is 9.67. The Morgan fingerprint density at radius 1 is 1.53 bits per heavy atom. The lowest BCUT2D eigenvalue weighted by Gasteiger charge is -2.30. The number of likely N-dealkylation sites (N-methyl/N-ethyl adjacent to an activating group) is 1. The van der Waals surface area contributed by atoms with E-state index in [1.165, 1.54) is 7.05 Å². The number of carboxylic acids is 1. The Bertz CT molecular complexity index is 291. The first-order valence-electron chi connectivity index (χ1n) is 5.34. The number of halogens is 3. The fourth-order valence-corrected chi connectivity index (χ4v) is 1.66. The average molecular weight is 255 g/mol. The van der Waals surface area contributed by atoms with E-state index in [4.69, 9.17) is 5.11 Å². The number of nitrogens with one attached hydrogen (secondary N) is 1. The third kappa shape index (κ3) is 3.10. The second-order valence-electron chi connectivity index (χ2n) is 4.30. The normalized spacial score (nSPS) is 21.9. The number of hydrogen-bond donors (Lipinski definition) is 2. The summed E-state index contributed by atoms with van der Waals surface area (Å²) >= 11 is 0. The molecule has 0 aromatic rings. The predicted molar refractivity (Wildman–Crippen MR) is 53.6 cm³/mol. The van der Waals surface area contributed by atoms with Crippen molar-refractivity contribution in [2.24, 2.45) is 5.92 Å². The molecule has 1 aliphatic rings. The van der Waals surface area contributed by atoms with Crippen molar-refractivity contribution in [3.63, 3.8) is 0 Å². The molecule has 0 aromatic heterocycles. The molecule has 0 heterocycles. The minimum atomic E-state index is -4.47. The Labute approximate surface area is 97.1 Å². The van der Waals surface area contributed by atoms with Crippen LogP contribution in [-0.2, 0) is 9.53 Å². The minimum absolute atomic E-state index is 0.162. The Balaban J connectivity index is 2.65. The number of aliphatic carboxylic acids is 1. The van der Waals surface area contributed by atoms with E-state index in [2.05, 4.69) is 10.1 Å². The molecular weight excluding hydrogens is 239 g/mol. The molecule has 100 valence electrons. The summed E-state index contributed by atoms with van der Waals surface area (Å²) in [5, 5.41) is 11.7. The third-order valence-electron chi connectivity index (χ3n) is 3.12. The number of rotatable bonds is 6. The highest BCUT2D eigenvalue weighted by Crippen LogP contribution is 2.40. The maximum absolute atomic E-state index is 12.3. The Kier molecular flexibility index (Phi) is 4.03. The molecule has 17 heavy (non-hydrogen) atoms. The molecule has 0 saturated heterocycles. The summed E-state index contributed by atoms with van der Waals surface area (Å²) in [7, 11) is 1.42. The van der Waals surface area contributed by atoms with Crippen LogP contribution in [0.1, 0.15) is 19.8 Å². The van der Waals surface area contributed by atoms with Gasteiger partial charge in [-0.1, -0.05) is 0 Å². The summed E-state index contributed by atoms with van der Waals surface area (Å²) in [6, 6.07) is 0. The van der Waals surface area contributed by atoms with Gasteiger partial charge < -0.3 is 15.2 Å². The second kappa shape index (κ2) is 4.81. The molecule has 0 spiro atoms. The van der Waals surface area contributed by atoms with Crippen molar-refractivity contribution in [3.8, 4) is 0 Å². The molecule has 1 saturated carbocycles. The van der Waals surface area contributed by atoms with Crippen LogP contribution in [0.4, 0.5) is 13.2 Å². The highest BCUT2D eigenvalue weighted by molar-refractivity contribution is 5.80. The van der Waals surface area contributed by atoms with Crippen LogP contribution in [0.25, 0.3) is 0 Å². The van der Waals surface area contributed by atoms with Gasteiger partial charge in [0.2, 0.25) is 0 Å². The molecule has 0 aromatic carbocycles. The molecule has 0 amide bonds. The standard InChI is InChI=1S/C10H16F3NO3/c1-6(10(11,12)13)17-5-9(14-2,8(15)16)7-3-4-7/h6-7,14H,3-5H2,1-2H3,(H,15,16). The van der Waals surface area contributed by atoms with E-state index in [1.807, 2.05) is 0 Å². The highest BCUT2D eigenvalue weighted by atomic mass is 19.4. The lowest BCUT2D eigenvalue weighted by Crippen LogP contribution is -2.57. The average Bonchev–Trinajstić information content (AvgIpc) is 3.01. The molecule has 0 bridgehead atoms. The number of carbonyl (C=O) groups is 1. The lowest BCUT2D eigenvalue weighted by atomic mass is 9.94. The van der Waals surface area contributed by atoms with Crippen LogP contribution in [0.5, 0.6) is 0 Å². The van der Waals surface area contributed by atoms with Crippen molar-refractivity contribution in [1.82, 2.24) is 5.32 Å². The molecular formula is C10H16F3NO3. The van der Waals surface area contributed by atoms with Gasteiger partial charge in [0.1, 0.15) is 5.54 Å². The summed E-state index contributed by atoms with van der Waals surface area (Å²) in [6.45, 7) is 0.388. The van der Waals surface area contributed by atoms with Crippen molar-refractivity contribution >= 4 is 5.97 Å². The van der Waals surface area contributed by atoms with E-state index < -0.39 is 30.4 Å². The van der Waals surface area contributed by atoms with Crippen molar-refractivity contribution in [3.05, 3.63) is 0 Å². The van der Waals surface area contributed by atoms with E-state index in [-0.39, 0.29) is 5.92 Å². The maximum atomic E-state index is 12.3. The van der Waals surface area contributed by atoms with Gasteiger partial charge in [-0.25, -0.2) is 0 Å². The van der Waals surface area contributed by atoms with Gasteiger partial charge in [-0.15, -0.1) is 0 Å². The van der Waals surface area contributed by atoms with Gasteiger partial charge in [-0.3, -0.25) is 4.79 Å². The Hall–Kier alpha value is -0.820. The topological polar surface area (TPSA) is 58.6 Å². The van der Waals surface area contributed by atoms with Gasteiger partial charge in [0, 0.05) is 0 Å². The number of hydrogen-bond acceptors (Lipinski definition) is 3. The van der Waals surface area contributed by atoms with E-state index in [0.29, 0.717) is 12.8 Å². The van der Waals surface area contributed by atoms with Crippen LogP contribution in [0.3, 0.4) is 0 Å². The molecule has 1 aliphatic carbocycles. The minimum Gasteiger partial charge on any atom is -0.480 e. The molecule has 0 radical (unpaired) electrons. The SMILES string of the molecule is CNC(COC(C)C(F)(F)F)(C(=O)O)C1CC1. The number of ether oxygens (including phenoxy) is 1. The largest absolute Gasteiger partial charge is 0.480 e. The number of carboxylic acid groups (broad SMARTS) is 1. The van der Waals surface area contributed by atoms with Crippen molar-refractivity contribution in [1.29, 1.82) is 0 Å². The first-order valence-corrected chi connectivity index (χ1v) is 5.34. The van der Waals surface area contributed by atoms with Gasteiger partial charge in [0.25, 0.3) is 0 Å². The monoisotopic (exact) mass is 255 g/mol. The highest BCUT2D eigenvalue weighted by Gasteiger charge is 2.51. The maximum Gasteiger partial charge on any atom is 0.414 e. The van der Waals surface area contributed by atoms with E-state index in [1.54, 1.807) is 0 Å². The summed E-state index contributed by atoms with van der Waals surface area (Å²) in [5.74, 6) is -1.33. The van der Waals surface area contributed by atoms with Gasteiger partial charge in [-0.05, 0) is 32.7 Å². The Morgan fingerprint density at radius 2 is 2.06 bits per heavy atom. The molecule has 2 unspecified atom stereocenters. The van der Waals surface area contributed by atoms with E-state index in [9.17, 15) is 18.0 Å². The first kappa shape index (κ1) is 14.2. The second-order valence-corrected chi connectivity index (χ2v) is 4.30. The quantitative estimate of drug-likeness (QED) is 0.753. The molecule has 2 atom stereocenters. The van der Waals surface area contributed by atoms with Crippen LogP contribution < -0.4 is 5.32 Å². The van der Waals surface area contributed by atoms with E-state index >= 15 is 0 Å². The molecule has 1 fully saturated rings. The summed E-state index contributed by atoms with van der Waals surface area (Å²) in [4.78, 5) is 11.2. The first-order chi connectivity index (χ1) is 7.74. The van der Waals surface area contributed by atoms with Crippen LogP contribution in [0, 0.1) is 5.92 Å². The van der Waals surface area contributed by atoms with Crippen LogP contribution in [0.15, 0.2) is 0 Å². The Morgan fingerprint density at radius 3 is 2.35 bits per heavy atom. The van der Waals surface area contributed by atoms with Crippen molar-refractivity contribution in [2.75, 3.05) is 13.7 Å². The van der Waals surface area contributed by atoms with Gasteiger partial charge >= 0.3 is 12.1 Å².